The average molecular weight is 342 g/mol. The van der Waals surface area contributed by atoms with E-state index >= 15 is 0 Å². The van der Waals surface area contributed by atoms with Crippen molar-refractivity contribution in [2.24, 2.45) is 0 Å². The normalized spacial score (nSPS) is 11.6. The highest BCUT2D eigenvalue weighted by molar-refractivity contribution is 7.05. The van der Waals surface area contributed by atoms with Gasteiger partial charge in [-0.25, -0.2) is 4.37 Å². The standard InChI is InChI=1S/C15H20ClN3O2S/c1-15(2,3)14-11(10-21-18-14)9-19(13(20)8-16)7-5-12-4-6-17-22-12/h4,6,10H,5,7-9H2,1-3H3. The Kier molecular flexibility index (Phi) is 5.58. The van der Waals surface area contributed by atoms with Crippen LogP contribution in [0.2, 0.25) is 0 Å². The molecular formula is C15H20ClN3O2S. The van der Waals surface area contributed by atoms with Crippen LogP contribution in [-0.4, -0.2) is 32.8 Å². The molecule has 2 aromatic heterocycles. The van der Waals surface area contributed by atoms with Crippen molar-refractivity contribution in [1.82, 2.24) is 14.4 Å². The SMILES string of the molecule is CC(C)(C)c1nocc1CN(CCc1ccns1)C(=O)CCl. The number of carbonyl (C=O) groups is 1. The molecule has 0 fully saturated rings. The van der Waals surface area contributed by atoms with E-state index in [1.165, 1.54) is 11.5 Å². The molecule has 0 unspecified atom stereocenters. The molecular weight excluding hydrogens is 322 g/mol. The molecule has 0 saturated heterocycles. The number of nitrogens with zero attached hydrogens (tertiary/aromatic N) is 3. The second-order valence-electron chi connectivity index (χ2n) is 6.12. The molecule has 0 aliphatic heterocycles. The summed E-state index contributed by atoms with van der Waals surface area (Å²) in [4.78, 5) is 15.0. The van der Waals surface area contributed by atoms with Crippen LogP contribution in [0.25, 0.3) is 0 Å². The molecule has 2 rings (SSSR count). The number of amides is 1. The van der Waals surface area contributed by atoms with Crippen molar-refractivity contribution in [3.05, 3.63) is 34.7 Å². The van der Waals surface area contributed by atoms with Gasteiger partial charge in [0.1, 0.15) is 12.1 Å². The van der Waals surface area contributed by atoms with E-state index in [1.807, 2.05) is 6.07 Å². The van der Waals surface area contributed by atoms with Gasteiger partial charge in [-0.05, 0) is 17.6 Å². The summed E-state index contributed by atoms with van der Waals surface area (Å²) in [7, 11) is 0. The Morgan fingerprint density at radius 2 is 2.23 bits per heavy atom. The number of hydrogen-bond acceptors (Lipinski definition) is 5. The van der Waals surface area contributed by atoms with Crippen molar-refractivity contribution in [2.45, 2.75) is 39.2 Å². The molecule has 0 bridgehead atoms. The fourth-order valence-electron chi connectivity index (χ4n) is 2.19. The van der Waals surface area contributed by atoms with Gasteiger partial charge < -0.3 is 9.42 Å². The maximum absolute atomic E-state index is 12.1. The fourth-order valence-corrected chi connectivity index (χ4v) is 2.92. The number of alkyl halides is 1. The summed E-state index contributed by atoms with van der Waals surface area (Å²) in [6.07, 6.45) is 4.15. The molecule has 5 nitrogen and oxygen atoms in total. The Morgan fingerprint density at radius 1 is 1.45 bits per heavy atom. The lowest BCUT2D eigenvalue weighted by Crippen LogP contribution is -2.34. The zero-order chi connectivity index (χ0) is 16.2. The Balaban J connectivity index is 2.10. The van der Waals surface area contributed by atoms with Crippen LogP contribution in [0.1, 0.15) is 36.9 Å². The third-order valence-corrected chi connectivity index (χ3v) is 4.33. The minimum atomic E-state index is -0.129. The van der Waals surface area contributed by atoms with Crippen LogP contribution in [-0.2, 0) is 23.2 Å². The van der Waals surface area contributed by atoms with Gasteiger partial charge >= 0.3 is 0 Å². The maximum atomic E-state index is 12.1. The first kappa shape index (κ1) is 17.0. The first-order valence-electron chi connectivity index (χ1n) is 7.09. The van der Waals surface area contributed by atoms with E-state index in [4.69, 9.17) is 16.1 Å². The van der Waals surface area contributed by atoms with Crippen molar-refractivity contribution < 1.29 is 9.32 Å². The van der Waals surface area contributed by atoms with Crippen LogP contribution in [0, 0.1) is 0 Å². The summed E-state index contributed by atoms with van der Waals surface area (Å²) in [6.45, 7) is 7.26. The van der Waals surface area contributed by atoms with E-state index in [0.717, 1.165) is 22.6 Å². The summed E-state index contributed by atoms with van der Waals surface area (Å²) in [5.74, 6) is -0.119. The summed E-state index contributed by atoms with van der Waals surface area (Å²) < 4.78 is 9.18. The number of rotatable bonds is 6. The van der Waals surface area contributed by atoms with Crippen LogP contribution in [0.4, 0.5) is 0 Å². The lowest BCUT2D eigenvalue weighted by molar-refractivity contribution is -0.129. The van der Waals surface area contributed by atoms with Gasteiger partial charge in [-0.1, -0.05) is 25.9 Å². The highest BCUT2D eigenvalue weighted by Crippen LogP contribution is 2.25. The monoisotopic (exact) mass is 341 g/mol. The minimum absolute atomic E-state index is 0.0289. The first-order valence-corrected chi connectivity index (χ1v) is 8.39. The second kappa shape index (κ2) is 7.24. The number of aromatic nitrogens is 2. The molecule has 0 aromatic carbocycles. The summed E-state index contributed by atoms with van der Waals surface area (Å²) >= 11 is 7.19. The van der Waals surface area contributed by atoms with Crippen LogP contribution < -0.4 is 0 Å². The van der Waals surface area contributed by atoms with Gasteiger partial charge in [-0.15, -0.1) is 11.6 Å². The molecule has 0 saturated carbocycles. The van der Waals surface area contributed by atoms with Gasteiger partial charge in [0.15, 0.2) is 0 Å². The largest absolute Gasteiger partial charge is 0.364 e. The average Bonchev–Trinajstić information content (AvgIpc) is 3.12. The minimum Gasteiger partial charge on any atom is -0.364 e. The zero-order valence-corrected chi connectivity index (χ0v) is 14.6. The third-order valence-electron chi connectivity index (χ3n) is 3.30. The van der Waals surface area contributed by atoms with Crippen LogP contribution in [0.15, 0.2) is 23.0 Å². The number of halogens is 1. The Bertz CT molecular complexity index is 605. The van der Waals surface area contributed by atoms with Gasteiger partial charge in [0.05, 0.1) is 12.2 Å². The van der Waals surface area contributed by atoms with E-state index in [2.05, 4.69) is 30.3 Å². The van der Waals surface area contributed by atoms with Gasteiger partial charge in [0, 0.05) is 35.0 Å². The summed E-state index contributed by atoms with van der Waals surface area (Å²) in [5.41, 5.74) is 1.67. The number of hydrogen-bond donors (Lipinski definition) is 0. The maximum Gasteiger partial charge on any atom is 0.237 e. The smallest absolute Gasteiger partial charge is 0.237 e. The van der Waals surface area contributed by atoms with Gasteiger partial charge in [-0.2, -0.15) is 0 Å². The van der Waals surface area contributed by atoms with Crippen molar-refractivity contribution in [3.63, 3.8) is 0 Å². The van der Waals surface area contributed by atoms with E-state index in [1.54, 1.807) is 17.4 Å². The molecule has 0 N–H and O–H groups in total. The van der Waals surface area contributed by atoms with Gasteiger partial charge in [0.25, 0.3) is 0 Å². The fraction of sp³-hybridized carbons (Fsp3) is 0.533. The van der Waals surface area contributed by atoms with E-state index in [9.17, 15) is 4.79 Å². The Morgan fingerprint density at radius 3 is 2.82 bits per heavy atom. The Labute approximate surface area is 139 Å². The molecule has 0 aliphatic rings. The van der Waals surface area contributed by atoms with Crippen LogP contribution >= 0.6 is 23.1 Å². The quantitative estimate of drug-likeness (QED) is 0.757. The summed E-state index contributed by atoms with van der Waals surface area (Å²) in [5, 5.41) is 4.08. The van der Waals surface area contributed by atoms with Crippen molar-refractivity contribution in [2.75, 3.05) is 12.4 Å². The van der Waals surface area contributed by atoms with E-state index in [-0.39, 0.29) is 17.2 Å². The van der Waals surface area contributed by atoms with Crippen molar-refractivity contribution >= 4 is 29.0 Å². The lowest BCUT2D eigenvalue weighted by Gasteiger charge is -2.23. The molecule has 0 atom stereocenters. The first-order chi connectivity index (χ1) is 10.4. The van der Waals surface area contributed by atoms with E-state index < -0.39 is 0 Å². The van der Waals surface area contributed by atoms with Crippen LogP contribution in [0.3, 0.4) is 0 Å². The topological polar surface area (TPSA) is 59.2 Å². The molecule has 1 amide bonds. The molecule has 0 aliphatic carbocycles. The predicted molar refractivity (Wildman–Crippen MR) is 87.2 cm³/mol. The predicted octanol–water partition coefficient (Wildman–Crippen LogP) is 3.24. The van der Waals surface area contributed by atoms with Crippen molar-refractivity contribution in [3.8, 4) is 0 Å². The molecule has 7 heteroatoms. The molecule has 2 heterocycles. The molecule has 2 aromatic rings. The Hall–Kier alpha value is -1.40. The highest BCUT2D eigenvalue weighted by Gasteiger charge is 2.24. The van der Waals surface area contributed by atoms with Crippen LogP contribution in [0.5, 0.6) is 0 Å². The highest BCUT2D eigenvalue weighted by atomic mass is 35.5. The van der Waals surface area contributed by atoms with Gasteiger partial charge in [0.2, 0.25) is 5.91 Å². The lowest BCUT2D eigenvalue weighted by atomic mass is 9.89. The molecule has 120 valence electrons. The molecule has 0 radical (unpaired) electrons. The van der Waals surface area contributed by atoms with Crippen molar-refractivity contribution in [1.29, 1.82) is 0 Å². The molecule has 0 spiro atoms. The molecule has 22 heavy (non-hydrogen) atoms. The third kappa shape index (κ3) is 4.30. The number of carbonyl (C=O) groups excluding carboxylic acids is 1. The van der Waals surface area contributed by atoms with Gasteiger partial charge in [-0.3, -0.25) is 4.79 Å². The second-order valence-corrected chi connectivity index (χ2v) is 7.30. The van der Waals surface area contributed by atoms with E-state index in [0.29, 0.717) is 13.1 Å². The summed E-state index contributed by atoms with van der Waals surface area (Å²) in [6, 6.07) is 1.97. The zero-order valence-electron chi connectivity index (χ0n) is 13.0.